The predicted molar refractivity (Wildman–Crippen MR) is 255 cm³/mol. The second-order valence-electron chi connectivity index (χ2n) is 16.9. The maximum Gasteiger partial charge on any atom is 0.481 e. The summed E-state index contributed by atoms with van der Waals surface area (Å²) in [6.07, 6.45) is 42.5. The van der Waals surface area contributed by atoms with Crippen LogP contribution in [0.15, 0.2) is 116 Å². The van der Waals surface area contributed by atoms with Crippen LogP contribution < -0.4 is 0 Å². The van der Waals surface area contributed by atoms with E-state index in [9.17, 15) is 14.0 Å². The molecule has 3 N–H and O–H groups in total. The Bertz CT molecular complexity index is 1640. The highest BCUT2D eigenvalue weighted by atomic mass is 31.3. The van der Waals surface area contributed by atoms with Crippen LogP contribution in [-0.4, -0.2) is 21.3 Å². The van der Waals surface area contributed by atoms with Gasteiger partial charge in [-0.3, -0.25) is 4.52 Å². The molecule has 0 aromatic carbocycles. The lowest BCUT2D eigenvalue weighted by atomic mass is 10.0. The van der Waals surface area contributed by atoms with Gasteiger partial charge in [0.1, 0.15) is 0 Å². The van der Waals surface area contributed by atoms with E-state index in [2.05, 4.69) is 133 Å². The van der Waals surface area contributed by atoms with Crippen LogP contribution in [-0.2, 0) is 18.0 Å². The molecule has 7 nitrogen and oxygen atoms in total. The molecule has 1 unspecified atom stereocenters. The zero-order valence-electron chi connectivity index (χ0n) is 39.1. The van der Waals surface area contributed by atoms with Crippen molar-refractivity contribution in [1.29, 1.82) is 0 Å². The zero-order valence-corrected chi connectivity index (χ0v) is 40.9. The molecular weight excluding hydrogens is 774 g/mol. The third kappa shape index (κ3) is 38.3. The van der Waals surface area contributed by atoms with E-state index in [1.165, 1.54) is 63.0 Å². The number of rotatable bonds is 32. The van der Waals surface area contributed by atoms with E-state index in [4.69, 9.17) is 9.79 Å². The number of allylic oxidation sites excluding steroid dienone is 19. The molecule has 0 spiro atoms. The number of phosphoric acid groups is 2. The van der Waals surface area contributed by atoms with Gasteiger partial charge in [-0.15, -0.1) is 0 Å². The Morgan fingerprint density at radius 2 is 0.559 bits per heavy atom. The number of hydrogen-bond donors (Lipinski definition) is 3. The lowest BCUT2D eigenvalue weighted by Crippen LogP contribution is -1.94. The van der Waals surface area contributed by atoms with Crippen molar-refractivity contribution in [2.45, 2.75) is 192 Å². The highest BCUT2D eigenvalue weighted by molar-refractivity contribution is 7.60. The fourth-order valence-corrected chi connectivity index (χ4v) is 7.84. The van der Waals surface area contributed by atoms with Crippen molar-refractivity contribution in [2.24, 2.45) is 0 Å². The first kappa shape index (κ1) is 56.7. The molecular formula is C50H84O7P2. The van der Waals surface area contributed by atoms with E-state index < -0.39 is 15.6 Å². The quantitative estimate of drug-likeness (QED) is 0.0456. The van der Waals surface area contributed by atoms with E-state index in [-0.39, 0.29) is 6.61 Å². The molecule has 0 heterocycles. The summed E-state index contributed by atoms with van der Waals surface area (Å²) in [5, 5.41) is 0. The van der Waals surface area contributed by atoms with Crippen LogP contribution in [0.5, 0.6) is 0 Å². The molecule has 0 radical (unpaired) electrons. The van der Waals surface area contributed by atoms with Gasteiger partial charge in [0.25, 0.3) is 0 Å². The Balaban J connectivity index is 4.30. The van der Waals surface area contributed by atoms with Crippen molar-refractivity contribution in [3.05, 3.63) is 116 Å². The van der Waals surface area contributed by atoms with Crippen LogP contribution in [0.1, 0.15) is 192 Å². The van der Waals surface area contributed by atoms with Gasteiger partial charge >= 0.3 is 15.6 Å². The highest BCUT2D eigenvalue weighted by Gasteiger charge is 2.31. The predicted octanol–water partition coefficient (Wildman–Crippen LogP) is 16.7. The third-order valence-electron chi connectivity index (χ3n) is 10.2. The molecule has 0 rings (SSSR count). The van der Waals surface area contributed by atoms with Gasteiger partial charge in [0.2, 0.25) is 0 Å². The standard InChI is InChI=1S/C50H84O7P2/c1-41(2)21-12-22-42(3)23-13-24-43(4)25-14-26-44(5)27-15-28-45(6)29-16-30-46(7)31-17-32-47(8)33-18-34-48(9)35-19-36-49(10)37-20-38-50(11)39-40-56-59(54,55)57-58(51,52)53/h21,23,25,27,29,31,33,35,37,39H,12-20,22,24,26,28,30,32,34,36,38,40H2,1-11H3,(H,54,55)(H2,51,52,53)/b42-23+,43-25-,44-27-,45-29-,46-31-,47-33-,48-35-,49-37-,50-39-. The van der Waals surface area contributed by atoms with Crippen molar-refractivity contribution in [3.8, 4) is 0 Å². The molecule has 0 aliphatic heterocycles. The average molecular weight is 859 g/mol. The Morgan fingerprint density at radius 1 is 0.356 bits per heavy atom. The molecule has 0 fully saturated rings. The molecule has 0 aliphatic rings. The van der Waals surface area contributed by atoms with E-state index in [0.717, 1.165) is 108 Å². The second kappa shape index (κ2) is 33.3. The summed E-state index contributed by atoms with van der Waals surface area (Å²) >= 11 is 0. The summed E-state index contributed by atoms with van der Waals surface area (Å²) in [5.74, 6) is 0. The molecule has 0 aromatic rings. The van der Waals surface area contributed by atoms with Crippen LogP contribution >= 0.6 is 15.6 Å². The Hall–Kier alpha value is -2.34. The fourth-order valence-electron chi connectivity index (χ4n) is 6.31. The third-order valence-corrected chi connectivity index (χ3v) is 12.4. The van der Waals surface area contributed by atoms with Crippen LogP contribution in [0.3, 0.4) is 0 Å². The molecule has 1 atom stereocenters. The van der Waals surface area contributed by atoms with E-state index in [0.29, 0.717) is 0 Å². The van der Waals surface area contributed by atoms with Gasteiger partial charge < -0.3 is 14.7 Å². The van der Waals surface area contributed by atoms with Crippen molar-refractivity contribution < 1.29 is 32.6 Å². The lowest BCUT2D eigenvalue weighted by Gasteiger charge is -2.11. The largest absolute Gasteiger partial charge is 0.481 e. The molecule has 0 saturated carbocycles. The first-order valence-corrected chi connectivity index (χ1v) is 25.0. The summed E-state index contributed by atoms with van der Waals surface area (Å²) in [7, 11) is -9.91. The lowest BCUT2D eigenvalue weighted by molar-refractivity contribution is 0.191. The van der Waals surface area contributed by atoms with Crippen LogP contribution in [0, 0.1) is 0 Å². The van der Waals surface area contributed by atoms with Gasteiger partial charge in [-0.2, -0.15) is 4.31 Å². The van der Waals surface area contributed by atoms with Gasteiger partial charge in [-0.05, 0) is 192 Å². The van der Waals surface area contributed by atoms with E-state index in [1.54, 1.807) is 6.08 Å². The van der Waals surface area contributed by atoms with Crippen LogP contribution in [0.4, 0.5) is 0 Å². The van der Waals surface area contributed by atoms with Crippen LogP contribution in [0.2, 0.25) is 0 Å². The van der Waals surface area contributed by atoms with Gasteiger partial charge in [0.05, 0.1) is 6.61 Å². The molecule has 0 bridgehead atoms. The number of hydrogen-bond acceptors (Lipinski definition) is 4. The van der Waals surface area contributed by atoms with E-state index in [1.807, 2.05) is 6.92 Å². The fraction of sp³-hybridized carbons (Fsp3) is 0.600. The maximum atomic E-state index is 11.5. The normalized spacial score (nSPS) is 15.9. The summed E-state index contributed by atoms with van der Waals surface area (Å²) in [5.41, 5.74) is 14.1. The molecule has 59 heavy (non-hydrogen) atoms. The summed E-state index contributed by atoms with van der Waals surface area (Å²) in [4.78, 5) is 26.6. The Morgan fingerprint density at radius 3 is 0.763 bits per heavy atom. The summed E-state index contributed by atoms with van der Waals surface area (Å²) in [6, 6.07) is 0. The van der Waals surface area contributed by atoms with Gasteiger partial charge in [-0.25, -0.2) is 9.13 Å². The van der Waals surface area contributed by atoms with Crippen LogP contribution in [0.25, 0.3) is 0 Å². The van der Waals surface area contributed by atoms with Crippen molar-refractivity contribution >= 4 is 15.6 Å². The molecule has 9 heteroatoms. The maximum absolute atomic E-state index is 11.5. The van der Waals surface area contributed by atoms with Gasteiger partial charge in [-0.1, -0.05) is 116 Å². The van der Waals surface area contributed by atoms with E-state index >= 15 is 0 Å². The second-order valence-corrected chi connectivity index (χ2v) is 19.8. The summed E-state index contributed by atoms with van der Waals surface area (Å²) < 4.78 is 30.6. The zero-order chi connectivity index (χ0) is 44.7. The van der Waals surface area contributed by atoms with Crippen molar-refractivity contribution in [1.82, 2.24) is 0 Å². The molecule has 336 valence electrons. The summed E-state index contributed by atoms with van der Waals surface area (Å²) in [6.45, 7) is 23.9. The first-order valence-electron chi connectivity index (χ1n) is 22.0. The monoisotopic (exact) mass is 859 g/mol. The van der Waals surface area contributed by atoms with Gasteiger partial charge in [0.15, 0.2) is 0 Å². The molecule has 0 aliphatic carbocycles. The molecule has 0 saturated heterocycles. The topological polar surface area (TPSA) is 113 Å². The smallest absolute Gasteiger partial charge is 0.302 e. The minimum absolute atomic E-state index is 0.273. The van der Waals surface area contributed by atoms with Gasteiger partial charge in [0, 0.05) is 0 Å². The minimum atomic E-state index is -5.11. The highest BCUT2D eigenvalue weighted by Crippen LogP contribution is 2.57. The average Bonchev–Trinajstić information content (AvgIpc) is 3.10. The minimum Gasteiger partial charge on any atom is -0.302 e. The Kier molecular flexibility index (Phi) is 32.0. The van der Waals surface area contributed by atoms with Crippen molar-refractivity contribution in [2.75, 3.05) is 6.61 Å². The SMILES string of the molecule is CC(C)=CCC/C(C)=C/CC/C(C)=C\CC/C(C)=C\CC/C(C)=C\CC/C(C)=C\CC/C(C)=C\CC/C(C)=C\CC/C(C)=C\CC/C(C)=C\COP(=O)(O)OP(=O)(O)O. The Labute approximate surface area is 361 Å². The molecule has 0 amide bonds. The first-order chi connectivity index (χ1) is 27.7. The molecule has 0 aromatic heterocycles. The number of phosphoric ester groups is 1. The van der Waals surface area contributed by atoms with Crippen molar-refractivity contribution in [3.63, 3.8) is 0 Å².